The van der Waals surface area contributed by atoms with Gasteiger partial charge in [-0.1, -0.05) is 18.2 Å². The molecule has 5 nitrogen and oxygen atoms in total. The molecule has 0 radical (unpaired) electrons. The Hall–Kier alpha value is -2.69. The summed E-state index contributed by atoms with van der Waals surface area (Å²) in [7, 11) is 0. The smallest absolute Gasteiger partial charge is 0.220 e. The molecule has 2 N–H and O–H groups in total. The highest BCUT2D eigenvalue weighted by Gasteiger charge is 2.25. The maximum atomic E-state index is 5.76. The van der Waals surface area contributed by atoms with E-state index in [-0.39, 0.29) is 0 Å². The van der Waals surface area contributed by atoms with Crippen LogP contribution in [0, 0.1) is 6.92 Å². The van der Waals surface area contributed by atoms with Crippen LogP contribution in [-0.4, -0.2) is 19.7 Å². The number of rotatable bonds is 1. The number of hydrogen-bond acceptors (Lipinski definition) is 4. The van der Waals surface area contributed by atoms with Crippen LogP contribution in [0.1, 0.15) is 17.0 Å². The van der Waals surface area contributed by atoms with E-state index >= 15 is 0 Å². The number of hydrogen-bond donors (Lipinski definition) is 1. The Bertz CT molecular complexity index is 820. The Morgan fingerprint density at radius 1 is 1.14 bits per heavy atom. The fourth-order valence-corrected chi connectivity index (χ4v) is 2.97. The van der Waals surface area contributed by atoms with Crippen LogP contribution < -0.4 is 5.73 Å². The number of benzene rings is 1. The summed E-state index contributed by atoms with van der Waals surface area (Å²) in [6.45, 7) is 2.02. The maximum absolute atomic E-state index is 5.76. The van der Waals surface area contributed by atoms with E-state index in [4.69, 9.17) is 10.8 Å². The zero-order valence-corrected chi connectivity index (χ0v) is 11.7. The van der Waals surface area contributed by atoms with Gasteiger partial charge in [0.1, 0.15) is 0 Å². The Morgan fingerprint density at radius 3 is 2.76 bits per heavy atom. The average molecular weight is 277 g/mol. The number of nitrogens with two attached hydrogens (primary N) is 1. The SMILES string of the molecule is Cc1nn(-c2ccccc2)c2c1-c1nc(N)ncc1CC2. The van der Waals surface area contributed by atoms with Crippen molar-refractivity contribution in [3.05, 3.63) is 53.5 Å². The molecule has 2 heterocycles. The molecule has 104 valence electrons. The lowest BCUT2D eigenvalue weighted by molar-refractivity contribution is 0.772. The predicted octanol–water partition coefficient (Wildman–Crippen LogP) is 2.32. The number of anilines is 1. The van der Waals surface area contributed by atoms with Crippen molar-refractivity contribution in [2.24, 2.45) is 0 Å². The van der Waals surface area contributed by atoms with Crippen molar-refractivity contribution in [3.63, 3.8) is 0 Å². The molecule has 2 aromatic heterocycles. The third-order valence-electron chi connectivity index (χ3n) is 3.91. The van der Waals surface area contributed by atoms with Crippen LogP contribution >= 0.6 is 0 Å². The lowest BCUT2D eigenvalue weighted by atomic mass is 9.93. The van der Waals surface area contributed by atoms with Crippen LogP contribution in [0.2, 0.25) is 0 Å². The highest BCUT2D eigenvalue weighted by molar-refractivity contribution is 5.71. The average Bonchev–Trinajstić information content (AvgIpc) is 2.85. The van der Waals surface area contributed by atoms with Gasteiger partial charge in [-0.15, -0.1) is 0 Å². The Labute approximate surface area is 122 Å². The van der Waals surface area contributed by atoms with Gasteiger partial charge >= 0.3 is 0 Å². The molecule has 0 aliphatic heterocycles. The molecule has 21 heavy (non-hydrogen) atoms. The summed E-state index contributed by atoms with van der Waals surface area (Å²) in [6.07, 6.45) is 3.69. The van der Waals surface area contributed by atoms with Gasteiger partial charge in [-0.05, 0) is 37.5 Å². The number of nitrogens with zero attached hydrogens (tertiary/aromatic N) is 4. The van der Waals surface area contributed by atoms with Crippen molar-refractivity contribution in [2.75, 3.05) is 5.73 Å². The number of nitrogen functional groups attached to an aromatic ring is 1. The van der Waals surface area contributed by atoms with Gasteiger partial charge in [0.25, 0.3) is 0 Å². The van der Waals surface area contributed by atoms with Crippen molar-refractivity contribution in [1.29, 1.82) is 0 Å². The minimum absolute atomic E-state index is 0.313. The fraction of sp³-hybridized carbons (Fsp3) is 0.188. The molecule has 0 unspecified atom stereocenters. The Morgan fingerprint density at radius 2 is 1.95 bits per heavy atom. The minimum atomic E-state index is 0.313. The highest BCUT2D eigenvalue weighted by Crippen LogP contribution is 2.35. The number of para-hydroxylation sites is 1. The molecule has 0 fully saturated rings. The van der Waals surface area contributed by atoms with Crippen molar-refractivity contribution in [2.45, 2.75) is 19.8 Å². The van der Waals surface area contributed by atoms with E-state index in [1.807, 2.05) is 36.0 Å². The molecule has 5 heteroatoms. The first-order valence-corrected chi connectivity index (χ1v) is 6.99. The number of fused-ring (bicyclic) bond motifs is 3. The normalized spacial score (nSPS) is 12.8. The van der Waals surface area contributed by atoms with E-state index in [1.54, 1.807) is 0 Å². The van der Waals surface area contributed by atoms with Crippen LogP contribution in [0.25, 0.3) is 16.9 Å². The second kappa shape index (κ2) is 4.41. The molecule has 3 aromatic rings. The first kappa shape index (κ1) is 12.1. The maximum Gasteiger partial charge on any atom is 0.220 e. The standard InChI is InChI=1S/C16H15N5/c1-10-14-13(21(20-10)12-5-3-2-4-6-12)8-7-11-9-18-16(17)19-15(11)14/h2-6,9H,7-8H2,1H3,(H2,17,18,19). The quantitative estimate of drug-likeness (QED) is 0.741. The summed E-state index contributed by atoms with van der Waals surface area (Å²) in [5, 5.41) is 4.71. The van der Waals surface area contributed by atoms with Crippen molar-refractivity contribution >= 4 is 5.95 Å². The molecule has 1 aromatic carbocycles. The van der Waals surface area contributed by atoms with Gasteiger partial charge in [0.2, 0.25) is 5.95 Å². The molecule has 0 spiro atoms. The summed E-state index contributed by atoms with van der Waals surface area (Å²) < 4.78 is 2.02. The summed E-state index contributed by atoms with van der Waals surface area (Å²) in [5.41, 5.74) is 12.2. The van der Waals surface area contributed by atoms with E-state index in [2.05, 4.69) is 22.1 Å². The molecule has 0 amide bonds. The number of aryl methyl sites for hydroxylation is 2. The van der Waals surface area contributed by atoms with Gasteiger partial charge in [0, 0.05) is 11.8 Å². The summed E-state index contributed by atoms with van der Waals surface area (Å²) in [4.78, 5) is 8.54. The second-order valence-electron chi connectivity index (χ2n) is 5.26. The van der Waals surface area contributed by atoms with E-state index in [1.165, 1.54) is 5.69 Å². The third kappa shape index (κ3) is 1.81. The molecule has 0 saturated heterocycles. The van der Waals surface area contributed by atoms with Gasteiger partial charge in [-0.25, -0.2) is 14.6 Å². The zero-order valence-electron chi connectivity index (χ0n) is 11.7. The Kier molecular flexibility index (Phi) is 2.54. The minimum Gasteiger partial charge on any atom is -0.368 e. The first-order chi connectivity index (χ1) is 10.2. The van der Waals surface area contributed by atoms with Crippen molar-refractivity contribution < 1.29 is 0 Å². The zero-order chi connectivity index (χ0) is 14.4. The van der Waals surface area contributed by atoms with E-state index in [0.717, 1.165) is 41.0 Å². The molecule has 0 bridgehead atoms. The van der Waals surface area contributed by atoms with Crippen LogP contribution in [0.15, 0.2) is 36.5 Å². The molecule has 0 saturated carbocycles. The fourth-order valence-electron chi connectivity index (χ4n) is 2.97. The molecule has 1 aliphatic rings. The lowest BCUT2D eigenvalue weighted by Crippen LogP contribution is -2.11. The number of aromatic nitrogens is 4. The van der Waals surface area contributed by atoms with Crippen LogP contribution in [0.4, 0.5) is 5.95 Å². The van der Waals surface area contributed by atoms with Crippen molar-refractivity contribution in [3.8, 4) is 16.9 Å². The molecule has 4 rings (SSSR count). The predicted molar refractivity (Wildman–Crippen MR) is 81.1 cm³/mol. The highest BCUT2D eigenvalue weighted by atomic mass is 15.3. The van der Waals surface area contributed by atoms with Crippen molar-refractivity contribution in [1.82, 2.24) is 19.7 Å². The second-order valence-corrected chi connectivity index (χ2v) is 5.26. The first-order valence-electron chi connectivity index (χ1n) is 6.99. The molecular weight excluding hydrogens is 262 g/mol. The van der Waals surface area contributed by atoms with Crippen LogP contribution in [0.5, 0.6) is 0 Å². The third-order valence-corrected chi connectivity index (χ3v) is 3.91. The summed E-state index contributed by atoms with van der Waals surface area (Å²) in [5.74, 6) is 0.313. The largest absolute Gasteiger partial charge is 0.368 e. The van der Waals surface area contributed by atoms with Crippen LogP contribution in [-0.2, 0) is 12.8 Å². The molecule has 1 aliphatic carbocycles. The van der Waals surface area contributed by atoms with E-state index in [9.17, 15) is 0 Å². The monoisotopic (exact) mass is 277 g/mol. The van der Waals surface area contributed by atoms with Gasteiger partial charge in [-0.2, -0.15) is 5.10 Å². The van der Waals surface area contributed by atoms with Crippen LogP contribution in [0.3, 0.4) is 0 Å². The molecular formula is C16H15N5. The topological polar surface area (TPSA) is 69.6 Å². The summed E-state index contributed by atoms with van der Waals surface area (Å²) in [6, 6.07) is 10.2. The lowest BCUT2D eigenvalue weighted by Gasteiger charge is -2.17. The van der Waals surface area contributed by atoms with E-state index < -0.39 is 0 Å². The molecule has 0 atom stereocenters. The summed E-state index contributed by atoms with van der Waals surface area (Å²) >= 11 is 0. The Balaban J connectivity index is 1.96. The van der Waals surface area contributed by atoms with Gasteiger partial charge in [0.05, 0.1) is 22.8 Å². The van der Waals surface area contributed by atoms with Gasteiger partial charge in [-0.3, -0.25) is 0 Å². The van der Waals surface area contributed by atoms with Gasteiger partial charge < -0.3 is 5.73 Å². The van der Waals surface area contributed by atoms with E-state index in [0.29, 0.717) is 5.95 Å². The van der Waals surface area contributed by atoms with Gasteiger partial charge in [0.15, 0.2) is 0 Å².